The zero-order chi connectivity index (χ0) is 14.0. The minimum absolute atomic E-state index is 0.0793. The summed E-state index contributed by atoms with van der Waals surface area (Å²) in [5.74, 6) is -0.716. The molecular formula is C12H24N3O3. The number of carbonyl (C=O) groups is 2. The molecule has 0 rings (SSSR count). The van der Waals surface area contributed by atoms with Crippen LogP contribution in [0.3, 0.4) is 0 Å². The van der Waals surface area contributed by atoms with Gasteiger partial charge < -0.3 is 21.5 Å². The summed E-state index contributed by atoms with van der Waals surface area (Å²) >= 11 is 0. The van der Waals surface area contributed by atoms with E-state index in [1.807, 2.05) is 6.92 Å². The summed E-state index contributed by atoms with van der Waals surface area (Å²) in [6, 6.07) is -0.579. The molecule has 2 atom stereocenters. The van der Waals surface area contributed by atoms with Gasteiger partial charge in [0.25, 0.3) is 0 Å². The van der Waals surface area contributed by atoms with E-state index in [0.717, 1.165) is 6.42 Å². The van der Waals surface area contributed by atoms with E-state index in [-0.39, 0.29) is 11.9 Å². The number of hydrogen-bond donors (Lipinski definition) is 3. The Bertz CT molecular complexity index is 257. The van der Waals surface area contributed by atoms with Gasteiger partial charge in [0, 0.05) is 12.5 Å². The highest BCUT2D eigenvalue weighted by Gasteiger charge is 2.20. The Hall–Kier alpha value is -1.14. The van der Waals surface area contributed by atoms with Crippen molar-refractivity contribution in [2.24, 2.45) is 11.5 Å². The third-order valence-electron chi connectivity index (χ3n) is 2.52. The van der Waals surface area contributed by atoms with E-state index in [0.29, 0.717) is 32.2 Å². The second kappa shape index (κ2) is 9.85. The summed E-state index contributed by atoms with van der Waals surface area (Å²) in [5.41, 5.74) is 11.0. The fourth-order valence-corrected chi connectivity index (χ4v) is 1.52. The number of amides is 1. The zero-order valence-electron chi connectivity index (χ0n) is 11.0. The van der Waals surface area contributed by atoms with Crippen molar-refractivity contribution in [2.45, 2.75) is 51.1 Å². The SMILES string of the molecule is [CH2]OC(=O)C(CCCN)NC(=O)CCCC(C)N. The summed E-state index contributed by atoms with van der Waals surface area (Å²) in [6.45, 7) is 2.35. The van der Waals surface area contributed by atoms with Crippen LogP contribution < -0.4 is 16.8 Å². The summed E-state index contributed by atoms with van der Waals surface area (Å²) in [5, 5.41) is 2.63. The molecule has 5 N–H and O–H groups in total. The minimum Gasteiger partial charge on any atom is -0.461 e. The van der Waals surface area contributed by atoms with Crippen molar-refractivity contribution in [3.63, 3.8) is 0 Å². The predicted octanol–water partition coefficient (Wildman–Crippen LogP) is 0.0624. The normalized spacial score (nSPS) is 13.8. The largest absolute Gasteiger partial charge is 0.461 e. The van der Waals surface area contributed by atoms with Gasteiger partial charge in [0.05, 0.1) is 0 Å². The average Bonchev–Trinajstić information content (AvgIpc) is 2.32. The molecule has 0 aromatic rings. The fraction of sp³-hybridized carbons (Fsp3) is 0.750. The number of nitrogens with one attached hydrogen (secondary N) is 1. The first-order valence-electron chi connectivity index (χ1n) is 6.22. The smallest absolute Gasteiger partial charge is 0.328 e. The summed E-state index contributed by atoms with van der Waals surface area (Å²) < 4.78 is 4.39. The quantitative estimate of drug-likeness (QED) is 0.507. The maximum absolute atomic E-state index is 11.6. The summed E-state index contributed by atoms with van der Waals surface area (Å²) in [4.78, 5) is 23.0. The molecule has 0 aliphatic heterocycles. The molecule has 0 aliphatic carbocycles. The molecule has 0 aliphatic rings. The van der Waals surface area contributed by atoms with E-state index in [1.54, 1.807) is 0 Å². The van der Waals surface area contributed by atoms with Crippen LogP contribution in [0, 0.1) is 7.11 Å². The maximum Gasteiger partial charge on any atom is 0.328 e. The Kier molecular flexibility index (Phi) is 9.22. The molecule has 0 aromatic carbocycles. The first-order chi connectivity index (χ1) is 8.51. The molecule has 6 heteroatoms. The van der Waals surface area contributed by atoms with Crippen LogP contribution in [0.5, 0.6) is 0 Å². The standard InChI is InChI=1S/C12H24N3O3/c1-9(14)5-3-7-11(16)15-10(6-4-8-13)12(17)18-2/h9-10H,2-8,13-14H2,1H3,(H,15,16). The van der Waals surface area contributed by atoms with Gasteiger partial charge in [0.15, 0.2) is 0 Å². The molecule has 6 nitrogen and oxygen atoms in total. The third kappa shape index (κ3) is 8.03. The van der Waals surface area contributed by atoms with Gasteiger partial charge in [0.1, 0.15) is 13.2 Å². The molecule has 105 valence electrons. The molecule has 0 aromatic heterocycles. The van der Waals surface area contributed by atoms with Crippen LogP contribution >= 0.6 is 0 Å². The predicted molar refractivity (Wildman–Crippen MR) is 69.2 cm³/mol. The van der Waals surface area contributed by atoms with E-state index in [2.05, 4.69) is 17.2 Å². The van der Waals surface area contributed by atoms with Gasteiger partial charge in [-0.15, -0.1) is 0 Å². The van der Waals surface area contributed by atoms with Crippen molar-refractivity contribution >= 4 is 11.9 Å². The van der Waals surface area contributed by atoms with Crippen LogP contribution in [-0.4, -0.2) is 30.5 Å². The molecular weight excluding hydrogens is 234 g/mol. The monoisotopic (exact) mass is 258 g/mol. The highest BCUT2D eigenvalue weighted by molar-refractivity contribution is 5.84. The first kappa shape index (κ1) is 16.9. The molecule has 1 radical (unpaired) electrons. The van der Waals surface area contributed by atoms with Gasteiger partial charge in [-0.2, -0.15) is 0 Å². The Morgan fingerprint density at radius 3 is 2.50 bits per heavy atom. The molecule has 18 heavy (non-hydrogen) atoms. The van der Waals surface area contributed by atoms with E-state index < -0.39 is 12.0 Å². The molecule has 1 amide bonds. The molecule has 0 heterocycles. The Morgan fingerprint density at radius 1 is 1.33 bits per heavy atom. The molecule has 0 spiro atoms. The van der Waals surface area contributed by atoms with Gasteiger partial charge in [-0.3, -0.25) is 4.79 Å². The number of ether oxygens (including phenoxy) is 1. The van der Waals surface area contributed by atoms with Crippen molar-refractivity contribution < 1.29 is 14.3 Å². The van der Waals surface area contributed by atoms with E-state index in [4.69, 9.17) is 11.5 Å². The van der Waals surface area contributed by atoms with Gasteiger partial charge >= 0.3 is 5.97 Å². The average molecular weight is 258 g/mol. The van der Waals surface area contributed by atoms with E-state index >= 15 is 0 Å². The lowest BCUT2D eigenvalue weighted by molar-refractivity contribution is -0.143. The van der Waals surface area contributed by atoms with Gasteiger partial charge in [0.2, 0.25) is 5.91 Å². The number of esters is 1. The Balaban J connectivity index is 4.05. The topological polar surface area (TPSA) is 107 Å². The van der Waals surface area contributed by atoms with Crippen LogP contribution in [0.4, 0.5) is 0 Å². The molecule has 0 saturated heterocycles. The number of hydrogen-bond acceptors (Lipinski definition) is 5. The molecule has 0 saturated carbocycles. The zero-order valence-corrected chi connectivity index (χ0v) is 11.0. The Morgan fingerprint density at radius 2 is 2.00 bits per heavy atom. The molecule has 0 bridgehead atoms. The first-order valence-corrected chi connectivity index (χ1v) is 6.22. The lowest BCUT2D eigenvalue weighted by Gasteiger charge is -2.16. The van der Waals surface area contributed by atoms with Crippen LogP contribution in [0.15, 0.2) is 0 Å². The number of rotatable bonds is 9. The van der Waals surface area contributed by atoms with Crippen LogP contribution in [0.2, 0.25) is 0 Å². The van der Waals surface area contributed by atoms with Crippen molar-refractivity contribution in [1.82, 2.24) is 5.32 Å². The summed E-state index contributed by atoms with van der Waals surface area (Å²) in [6.07, 6.45) is 2.93. The fourth-order valence-electron chi connectivity index (χ4n) is 1.52. The molecule has 0 fully saturated rings. The lowest BCUT2D eigenvalue weighted by atomic mass is 10.1. The van der Waals surface area contributed by atoms with E-state index in [1.165, 1.54) is 0 Å². The van der Waals surface area contributed by atoms with Gasteiger partial charge in [-0.25, -0.2) is 4.79 Å². The van der Waals surface area contributed by atoms with Crippen LogP contribution in [0.25, 0.3) is 0 Å². The summed E-state index contributed by atoms with van der Waals surface area (Å²) in [7, 11) is 3.06. The highest BCUT2D eigenvalue weighted by Crippen LogP contribution is 2.02. The second-order valence-corrected chi connectivity index (χ2v) is 4.38. The van der Waals surface area contributed by atoms with Crippen LogP contribution in [0.1, 0.15) is 39.0 Å². The maximum atomic E-state index is 11.6. The second-order valence-electron chi connectivity index (χ2n) is 4.38. The Labute approximate surface area is 108 Å². The van der Waals surface area contributed by atoms with Crippen LogP contribution in [-0.2, 0) is 14.3 Å². The highest BCUT2D eigenvalue weighted by atomic mass is 16.5. The molecule has 2 unspecified atom stereocenters. The minimum atomic E-state index is -0.658. The van der Waals surface area contributed by atoms with Crippen molar-refractivity contribution in [1.29, 1.82) is 0 Å². The lowest BCUT2D eigenvalue weighted by Crippen LogP contribution is -2.41. The van der Waals surface area contributed by atoms with Crippen molar-refractivity contribution in [3.05, 3.63) is 7.11 Å². The van der Waals surface area contributed by atoms with E-state index in [9.17, 15) is 9.59 Å². The third-order valence-corrected chi connectivity index (χ3v) is 2.52. The van der Waals surface area contributed by atoms with Crippen molar-refractivity contribution in [3.8, 4) is 0 Å². The number of nitrogens with two attached hydrogens (primary N) is 2. The van der Waals surface area contributed by atoms with Gasteiger partial charge in [-0.1, -0.05) is 0 Å². The number of carbonyl (C=O) groups excluding carboxylic acids is 2. The van der Waals surface area contributed by atoms with Gasteiger partial charge in [-0.05, 0) is 39.2 Å². The van der Waals surface area contributed by atoms with Crippen molar-refractivity contribution in [2.75, 3.05) is 6.54 Å².